The van der Waals surface area contributed by atoms with Gasteiger partial charge in [-0.1, -0.05) is 24.3 Å². The van der Waals surface area contributed by atoms with Crippen LogP contribution >= 0.6 is 0 Å². The van der Waals surface area contributed by atoms with Crippen LogP contribution in [0.3, 0.4) is 0 Å². The molecule has 2 rings (SSSR count). The highest BCUT2D eigenvalue weighted by Gasteiger charge is 2.10. The number of benzene rings is 1. The molecule has 1 aromatic carbocycles. The van der Waals surface area contributed by atoms with Crippen LogP contribution in [0.4, 0.5) is 0 Å². The average molecular weight is 256 g/mol. The number of aromatic nitrogens is 1. The summed E-state index contributed by atoms with van der Waals surface area (Å²) in [6, 6.07) is 12.4. The van der Waals surface area contributed by atoms with Crippen LogP contribution in [0, 0.1) is 0 Å². The highest BCUT2D eigenvalue weighted by Crippen LogP contribution is 2.24. The summed E-state index contributed by atoms with van der Waals surface area (Å²) in [5.41, 5.74) is 2.37. The van der Waals surface area contributed by atoms with Crippen LogP contribution in [0.2, 0.25) is 0 Å². The summed E-state index contributed by atoms with van der Waals surface area (Å²) < 4.78 is 5.66. The number of nitrogens with zero attached hydrogens (tertiary/aromatic N) is 1. The fourth-order valence-electron chi connectivity index (χ4n) is 2.01. The fraction of sp³-hybridized carbons (Fsp3) is 0.312. The summed E-state index contributed by atoms with van der Waals surface area (Å²) in [6.07, 6.45) is 3.67. The zero-order valence-electron chi connectivity index (χ0n) is 11.5. The molecule has 0 aliphatic heterocycles. The van der Waals surface area contributed by atoms with Gasteiger partial charge in [-0.2, -0.15) is 0 Å². The Morgan fingerprint density at radius 1 is 1.21 bits per heavy atom. The molecule has 1 heterocycles. The molecular weight excluding hydrogens is 236 g/mol. The van der Waals surface area contributed by atoms with Gasteiger partial charge in [0.05, 0.1) is 6.61 Å². The Kier molecular flexibility index (Phi) is 4.93. The molecule has 0 bridgehead atoms. The first-order chi connectivity index (χ1) is 9.31. The van der Waals surface area contributed by atoms with E-state index in [-0.39, 0.29) is 6.04 Å². The molecule has 1 N–H and O–H groups in total. The zero-order valence-corrected chi connectivity index (χ0v) is 11.5. The summed E-state index contributed by atoms with van der Waals surface area (Å²) in [5.74, 6) is 0.955. The minimum absolute atomic E-state index is 0.239. The number of nitrogens with one attached hydrogen (secondary N) is 1. The van der Waals surface area contributed by atoms with Gasteiger partial charge < -0.3 is 10.1 Å². The third-order valence-electron chi connectivity index (χ3n) is 3.02. The molecule has 0 radical (unpaired) electrons. The Morgan fingerprint density at radius 2 is 2.05 bits per heavy atom. The quantitative estimate of drug-likeness (QED) is 0.860. The van der Waals surface area contributed by atoms with E-state index in [1.807, 2.05) is 37.4 Å². The molecule has 1 aromatic heterocycles. The highest BCUT2D eigenvalue weighted by molar-refractivity contribution is 5.35. The lowest BCUT2D eigenvalue weighted by Crippen LogP contribution is -2.19. The Morgan fingerprint density at radius 3 is 2.79 bits per heavy atom. The maximum absolute atomic E-state index is 5.66. The largest absolute Gasteiger partial charge is 0.494 e. The number of ether oxygens (including phenoxy) is 1. The van der Waals surface area contributed by atoms with Gasteiger partial charge in [0.25, 0.3) is 0 Å². The first-order valence-electron chi connectivity index (χ1n) is 6.65. The minimum Gasteiger partial charge on any atom is -0.494 e. The molecule has 0 fully saturated rings. The van der Waals surface area contributed by atoms with Gasteiger partial charge in [0.2, 0.25) is 0 Å². The lowest BCUT2D eigenvalue weighted by molar-refractivity contribution is 0.332. The maximum Gasteiger partial charge on any atom is 0.124 e. The van der Waals surface area contributed by atoms with Crippen molar-refractivity contribution in [1.29, 1.82) is 0 Å². The second-order valence-corrected chi connectivity index (χ2v) is 4.43. The van der Waals surface area contributed by atoms with E-state index in [1.54, 1.807) is 6.20 Å². The number of rotatable bonds is 6. The van der Waals surface area contributed by atoms with E-state index < -0.39 is 0 Å². The van der Waals surface area contributed by atoms with E-state index >= 15 is 0 Å². The van der Waals surface area contributed by atoms with Crippen molar-refractivity contribution in [2.24, 2.45) is 0 Å². The maximum atomic E-state index is 5.66. The third kappa shape index (κ3) is 3.80. The van der Waals surface area contributed by atoms with Crippen molar-refractivity contribution in [2.75, 3.05) is 6.61 Å². The van der Waals surface area contributed by atoms with E-state index in [9.17, 15) is 0 Å². The Hall–Kier alpha value is -1.87. The van der Waals surface area contributed by atoms with Crippen molar-refractivity contribution in [2.45, 2.75) is 26.4 Å². The van der Waals surface area contributed by atoms with Crippen LogP contribution < -0.4 is 10.1 Å². The predicted molar refractivity (Wildman–Crippen MR) is 77.1 cm³/mol. The molecule has 2 aromatic rings. The summed E-state index contributed by atoms with van der Waals surface area (Å²) >= 11 is 0. The summed E-state index contributed by atoms with van der Waals surface area (Å²) in [5, 5.41) is 3.49. The van der Waals surface area contributed by atoms with E-state index in [4.69, 9.17) is 4.74 Å². The molecular formula is C16H20N2O. The Labute approximate surface area is 114 Å². The molecule has 100 valence electrons. The van der Waals surface area contributed by atoms with Gasteiger partial charge in [-0.3, -0.25) is 4.98 Å². The number of pyridine rings is 1. The first kappa shape index (κ1) is 13.6. The van der Waals surface area contributed by atoms with E-state index in [2.05, 4.69) is 29.4 Å². The van der Waals surface area contributed by atoms with E-state index in [1.165, 1.54) is 11.1 Å². The highest BCUT2D eigenvalue weighted by atomic mass is 16.5. The Bertz CT molecular complexity index is 499. The third-order valence-corrected chi connectivity index (χ3v) is 3.02. The molecule has 3 nitrogen and oxygen atoms in total. The second-order valence-electron chi connectivity index (χ2n) is 4.43. The Balaban J connectivity index is 2.01. The van der Waals surface area contributed by atoms with Crippen molar-refractivity contribution < 1.29 is 4.74 Å². The van der Waals surface area contributed by atoms with Gasteiger partial charge in [-0.25, -0.2) is 0 Å². The monoisotopic (exact) mass is 256 g/mol. The molecule has 3 heteroatoms. The number of hydrogen-bond donors (Lipinski definition) is 1. The lowest BCUT2D eigenvalue weighted by Gasteiger charge is -2.17. The fourth-order valence-corrected chi connectivity index (χ4v) is 2.01. The molecule has 1 atom stereocenters. The SMILES string of the molecule is CCOc1ccccc1C(C)NCc1cccnc1. The number of para-hydroxylation sites is 1. The average Bonchev–Trinajstić information content (AvgIpc) is 2.47. The molecule has 0 amide bonds. The van der Waals surface area contributed by atoms with Crippen LogP contribution in [-0.2, 0) is 6.54 Å². The molecule has 1 unspecified atom stereocenters. The predicted octanol–water partition coefficient (Wildman–Crippen LogP) is 3.33. The van der Waals surface area contributed by atoms with Crippen molar-refractivity contribution >= 4 is 0 Å². The van der Waals surface area contributed by atoms with E-state index in [0.29, 0.717) is 6.61 Å². The summed E-state index contributed by atoms with van der Waals surface area (Å²) in [4.78, 5) is 4.12. The molecule has 0 saturated carbocycles. The van der Waals surface area contributed by atoms with E-state index in [0.717, 1.165) is 12.3 Å². The van der Waals surface area contributed by atoms with Gasteiger partial charge in [0, 0.05) is 30.5 Å². The first-order valence-corrected chi connectivity index (χ1v) is 6.65. The standard InChI is InChI=1S/C16H20N2O/c1-3-19-16-9-5-4-8-15(16)13(2)18-12-14-7-6-10-17-11-14/h4-11,13,18H,3,12H2,1-2H3. The second kappa shape index (κ2) is 6.90. The van der Waals surface area contributed by atoms with Crippen LogP contribution in [0.15, 0.2) is 48.8 Å². The molecule has 0 spiro atoms. The summed E-state index contributed by atoms with van der Waals surface area (Å²) in [7, 11) is 0. The van der Waals surface area contributed by atoms with Crippen LogP contribution in [0.5, 0.6) is 5.75 Å². The van der Waals surface area contributed by atoms with Crippen molar-refractivity contribution in [3.05, 3.63) is 59.9 Å². The molecule has 0 aliphatic carbocycles. The van der Waals surface area contributed by atoms with Gasteiger partial charge >= 0.3 is 0 Å². The van der Waals surface area contributed by atoms with Crippen molar-refractivity contribution in [3.63, 3.8) is 0 Å². The smallest absolute Gasteiger partial charge is 0.124 e. The number of hydrogen-bond acceptors (Lipinski definition) is 3. The normalized spacial score (nSPS) is 12.1. The lowest BCUT2D eigenvalue weighted by atomic mass is 10.1. The van der Waals surface area contributed by atoms with Gasteiger partial charge in [-0.15, -0.1) is 0 Å². The zero-order chi connectivity index (χ0) is 13.5. The van der Waals surface area contributed by atoms with Crippen LogP contribution in [-0.4, -0.2) is 11.6 Å². The minimum atomic E-state index is 0.239. The topological polar surface area (TPSA) is 34.1 Å². The molecule has 19 heavy (non-hydrogen) atoms. The van der Waals surface area contributed by atoms with Crippen LogP contribution in [0.1, 0.15) is 31.0 Å². The van der Waals surface area contributed by atoms with Gasteiger partial charge in [-0.05, 0) is 31.5 Å². The van der Waals surface area contributed by atoms with Gasteiger partial charge in [0.1, 0.15) is 5.75 Å². The van der Waals surface area contributed by atoms with Gasteiger partial charge in [0.15, 0.2) is 0 Å². The van der Waals surface area contributed by atoms with Crippen molar-refractivity contribution in [3.8, 4) is 5.75 Å². The molecule has 0 saturated heterocycles. The summed E-state index contributed by atoms with van der Waals surface area (Å²) in [6.45, 7) is 5.64. The van der Waals surface area contributed by atoms with Crippen LogP contribution in [0.25, 0.3) is 0 Å². The van der Waals surface area contributed by atoms with Crippen molar-refractivity contribution in [1.82, 2.24) is 10.3 Å². The molecule has 0 aliphatic rings.